The first-order valence-electron chi connectivity index (χ1n) is 24.6. The number of primary amides is 1. The average Bonchev–Trinajstić information content (AvgIpc) is 3.31. The van der Waals surface area contributed by atoms with Crippen LogP contribution in [0.2, 0.25) is 0 Å². The van der Waals surface area contributed by atoms with Crippen molar-refractivity contribution < 1.29 is 63.0 Å². The van der Waals surface area contributed by atoms with Crippen LogP contribution in [-0.4, -0.2) is 130 Å². The fourth-order valence-electron chi connectivity index (χ4n) is 7.49. The molecule has 0 fully saturated rings. The Balaban J connectivity index is 2.31. The number of nitrogens with one attached hydrogen (secondary N) is 8. The van der Waals surface area contributed by atoms with E-state index < -0.39 is 156 Å². The highest BCUT2D eigenvalue weighted by Crippen LogP contribution is 2.13. The van der Waals surface area contributed by atoms with Gasteiger partial charge in [0.2, 0.25) is 53.2 Å². The number of rotatable bonds is 31. The molecule has 0 heterocycles. The summed E-state index contributed by atoms with van der Waals surface area (Å²) in [6, 6.07) is 5.20. The molecule has 0 aliphatic heterocycles. The van der Waals surface area contributed by atoms with Gasteiger partial charge in [0.25, 0.3) is 0 Å². The van der Waals surface area contributed by atoms with E-state index in [2.05, 4.69) is 42.5 Å². The van der Waals surface area contributed by atoms with Gasteiger partial charge in [-0.1, -0.05) is 116 Å². The third kappa shape index (κ3) is 21.7. The maximum Gasteiger partial charge on any atom is 0.326 e. The summed E-state index contributed by atoms with van der Waals surface area (Å²) in [6.45, 7) is 14.5. The Morgan fingerprint density at radius 3 is 1.32 bits per heavy atom. The van der Waals surface area contributed by atoms with Crippen molar-refractivity contribution in [3.8, 4) is 0 Å². The number of carbonyl (C=O) groups excluding carboxylic acids is 9. The molecule has 2 aromatic carbocycles. The van der Waals surface area contributed by atoms with Crippen LogP contribution in [0.3, 0.4) is 0 Å². The number of amides is 9. The topological polar surface area (TPSA) is 377 Å². The number of carbonyl (C=O) groups is 11. The molecule has 2 rings (SSSR count). The molecule has 23 heteroatoms. The molecule has 0 aliphatic carbocycles. The summed E-state index contributed by atoms with van der Waals surface area (Å²) >= 11 is 0. The molecule has 0 spiro atoms. The lowest BCUT2D eigenvalue weighted by Gasteiger charge is -2.29. The predicted octanol–water partition coefficient (Wildman–Crippen LogP) is -0.464. The lowest BCUT2D eigenvalue weighted by Crippen LogP contribution is -2.61. The van der Waals surface area contributed by atoms with E-state index in [9.17, 15) is 63.0 Å². The molecule has 408 valence electrons. The van der Waals surface area contributed by atoms with Crippen LogP contribution in [0.5, 0.6) is 0 Å². The number of aliphatic carboxylic acids is 2. The molecule has 74 heavy (non-hydrogen) atoms. The summed E-state index contributed by atoms with van der Waals surface area (Å²) in [4.78, 5) is 145. The Kier molecular flexibility index (Phi) is 25.9. The molecule has 9 unspecified atom stereocenters. The van der Waals surface area contributed by atoms with E-state index in [1.165, 1.54) is 6.92 Å². The smallest absolute Gasteiger partial charge is 0.326 e. The Morgan fingerprint density at radius 1 is 0.459 bits per heavy atom. The first-order chi connectivity index (χ1) is 34.6. The van der Waals surface area contributed by atoms with Gasteiger partial charge in [0.1, 0.15) is 48.3 Å². The van der Waals surface area contributed by atoms with Crippen LogP contribution in [0, 0.1) is 23.7 Å². The van der Waals surface area contributed by atoms with Gasteiger partial charge in [-0.05, 0) is 61.0 Å². The maximum atomic E-state index is 13.9. The number of benzene rings is 2. The molecule has 0 saturated heterocycles. The number of carboxylic acids is 2. The van der Waals surface area contributed by atoms with Gasteiger partial charge in [-0.2, -0.15) is 0 Å². The molecule has 0 radical (unpaired) electrons. The van der Waals surface area contributed by atoms with Crippen LogP contribution >= 0.6 is 0 Å². The molecule has 9 amide bonds. The van der Waals surface area contributed by atoms with Gasteiger partial charge in [-0.3, -0.25) is 47.9 Å². The van der Waals surface area contributed by atoms with Crippen molar-refractivity contribution in [3.63, 3.8) is 0 Å². The van der Waals surface area contributed by atoms with Crippen LogP contribution in [0.4, 0.5) is 0 Å². The minimum Gasteiger partial charge on any atom is -0.481 e. The van der Waals surface area contributed by atoms with E-state index in [0.717, 1.165) is 5.56 Å². The van der Waals surface area contributed by atoms with E-state index in [1.807, 2.05) is 0 Å². The lowest BCUT2D eigenvalue weighted by atomic mass is 9.99. The number of hydrogen-bond donors (Lipinski definition) is 12. The minimum atomic E-state index is -1.81. The molecule has 0 saturated carbocycles. The SMILES string of the molecule is CC(C)CC(NC(=O)C(N)Cc1ccccc1)C(=O)NC(CC(=O)O)C(=O)NC(CCC(N)=O)C(=O)NC(C(=O)NC(C)C(=O)NC(Cc1ccccc1)C(=O)NC(C(=O)NC(C(=O)O)C(C)C)C(C)C)C(C)C. The van der Waals surface area contributed by atoms with Crippen LogP contribution in [0.15, 0.2) is 60.7 Å². The van der Waals surface area contributed by atoms with Crippen LogP contribution in [0.1, 0.15) is 99.1 Å². The van der Waals surface area contributed by atoms with Crippen molar-refractivity contribution in [2.24, 2.45) is 35.1 Å². The van der Waals surface area contributed by atoms with Gasteiger partial charge >= 0.3 is 11.9 Å². The summed E-state index contributed by atoms with van der Waals surface area (Å²) in [7, 11) is 0. The third-order valence-electron chi connectivity index (χ3n) is 11.7. The molecule has 0 bridgehead atoms. The van der Waals surface area contributed by atoms with E-state index in [-0.39, 0.29) is 25.2 Å². The van der Waals surface area contributed by atoms with E-state index in [0.29, 0.717) is 5.56 Å². The van der Waals surface area contributed by atoms with Crippen molar-refractivity contribution in [3.05, 3.63) is 71.8 Å². The van der Waals surface area contributed by atoms with Gasteiger partial charge in [-0.15, -0.1) is 0 Å². The van der Waals surface area contributed by atoms with Crippen LogP contribution < -0.4 is 54.0 Å². The van der Waals surface area contributed by atoms with Gasteiger partial charge < -0.3 is 64.2 Å². The Labute approximate surface area is 431 Å². The Hall–Kier alpha value is -7.43. The zero-order valence-corrected chi connectivity index (χ0v) is 43.6. The minimum absolute atomic E-state index is 0.0612. The van der Waals surface area contributed by atoms with Crippen molar-refractivity contribution in [2.45, 2.75) is 155 Å². The zero-order valence-electron chi connectivity index (χ0n) is 43.6. The molecular weight excluding hydrogens is 961 g/mol. The number of hydrogen-bond acceptors (Lipinski definition) is 12. The summed E-state index contributed by atoms with van der Waals surface area (Å²) < 4.78 is 0. The summed E-state index contributed by atoms with van der Waals surface area (Å²) in [5.41, 5.74) is 12.9. The molecule has 23 nitrogen and oxygen atoms in total. The second-order valence-electron chi connectivity index (χ2n) is 19.7. The van der Waals surface area contributed by atoms with Gasteiger partial charge in [-0.25, -0.2) is 4.79 Å². The predicted molar refractivity (Wildman–Crippen MR) is 272 cm³/mol. The van der Waals surface area contributed by atoms with E-state index in [4.69, 9.17) is 11.5 Å². The second-order valence-corrected chi connectivity index (χ2v) is 19.7. The van der Waals surface area contributed by atoms with Crippen LogP contribution in [0.25, 0.3) is 0 Å². The maximum absolute atomic E-state index is 13.9. The first-order valence-corrected chi connectivity index (χ1v) is 24.6. The molecule has 14 N–H and O–H groups in total. The summed E-state index contributed by atoms with van der Waals surface area (Å²) in [5.74, 6) is -12.5. The third-order valence-corrected chi connectivity index (χ3v) is 11.7. The standard InChI is InChI=1S/C51H76N10O13/c1-26(2)22-35(57-44(66)33(52)23-31-16-12-10-13-17-31)46(68)58-37(25-39(63)64)47(69)55-34(20-21-38(53)62)45(67)59-40(27(3)4)49(71)54-30(9)43(65)56-36(24-32-18-14-11-15-19-32)48(70)60-41(28(5)6)50(72)61-42(29(7)8)51(73)74/h10-19,26-30,33-37,40-42H,20-25,52H2,1-9H3,(H2,53,62)(H,54,71)(H,55,69)(H,56,65)(H,57,66)(H,58,68)(H,59,67)(H,60,70)(H,61,72)(H,63,64)(H,73,74). The monoisotopic (exact) mass is 1040 g/mol. The highest BCUT2D eigenvalue weighted by molar-refractivity contribution is 5.99. The average molecular weight is 1040 g/mol. The Morgan fingerprint density at radius 2 is 0.865 bits per heavy atom. The fourth-order valence-corrected chi connectivity index (χ4v) is 7.49. The molecule has 0 aromatic heterocycles. The summed E-state index contributed by atoms with van der Waals surface area (Å²) in [5, 5.41) is 39.4. The highest BCUT2D eigenvalue weighted by Gasteiger charge is 2.36. The number of carboxylic acid groups (broad SMARTS) is 2. The van der Waals surface area contributed by atoms with Crippen molar-refractivity contribution in [2.75, 3.05) is 0 Å². The van der Waals surface area contributed by atoms with E-state index in [1.54, 1.807) is 116 Å². The largest absolute Gasteiger partial charge is 0.481 e. The quantitative estimate of drug-likeness (QED) is 0.0455. The number of nitrogens with two attached hydrogens (primary N) is 2. The van der Waals surface area contributed by atoms with Gasteiger partial charge in [0, 0.05) is 12.8 Å². The van der Waals surface area contributed by atoms with Gasteiger partial charge in [0.05, 0.1) is 12.5 Å². The highest BCUT2D eigenvalue weighted by atomic mass is 16.4. The normalized spacial score (nSPS) is 14.9. The summed E-state index contributed by atoms with van der Waals surface area (Å²) in [6.07, 6.45) is -1.71. The Bertz CT molecular complexity index is 2260. The van der Waals surface area contributed by atoms with E-state index >= 15 is 0 Å². The zero-order chi connectivity index (χ0) is 56.0. The second kappa shape index (κ2) is 30.6. The van der Waals surface area contributed by atoms with Crippen LogP contribution in [-0.2, 0) is 65.6 Å². The van der Waals surface area contributed by atoms with Crippen molar-refractivity contribution >= 4 is 65.1 Å². The lowest BCUT2D eigenvalue weighted by molar-refractivity contribution is -0.144. The fraction of sp³-hybridized carbons (Fsp3) is 0.549. The van der Waals surface area contributed by atoms with Gasteiger partial charge in [0.15, 0.2) is 0 Å². The van der Waals surface area contributed by atoms with Crippen molar-refractivity contribution in [1.82, 2.24) is 42.5 Å². The molecule has 2 aromatic rings. The molecule has 9 atom stereocenters. The first kappa shape index (κ1) is 62.7. The van der Waals surface area contributed by atoms with Crippen molar-refractivity contribution in [1.29, 1.82) is 0 Å². The molecular formula is C51H76N10O13. The molecule has 0 aliphatic rings.